The topological polar surface area (TPSA) is 46.9 Å². The maximum atomic E-state index is 12.2. The average molecular weight is 296 g/mol. The van der Waals surface area contributed by atoms with Crippen LogP contribution in [0.4, 0.5) is 18.9 Å². The van der Waals surface area contributed by atoms with Crippen LogP contribution in [0.1, 0.15) is 19.8 Å². The van der Waals surface area contributed by atoms with Crippen LogP contribution in [0.2, 0.25) is 5.02 Å². The number of hydrogen-bond acceptors (Lipinski definition) is 3. The van der Waals surface area contributed by atoms with Crippen molar-refractivity contribution in [2.24, 2.45) is 5.92 Å². The van der Waals surface area contributed by atoms with E-state index in [1.165, 1.54) is 6.20 Å². The van der Waals surface area contributed by atoms with Crippen LogP contribution < -0.4 is 10.9 Å². The standard InChI is InChI=1S/C11H13ClF3N3O/c1-2-6-3-7(6)17-8-4-16-18(5-11(13,14)15)10(19)9(8)12/h4,6-7,17H,2-3,5H2,1H3. The molecule has 1 aliphatic carbocycles. The van der Waals surface area contributed by atoms with Crippen LogP contribution >= 0.6 is 11.6 Å². The number of nitrogens with zero attached hydrogens (tertiary/aromatic N) is 2. The van der Waals surface area contributed by atoms with Crippen LogP contribution in [-0.2, 0) is 6.54 Å². The lowest BCUT2D eigenvalue weighted by Gasteiger charge is -2.11. The average Bonchev–Trinajstić information content (AvgIpc) is 3.06. The van der Waals surface area contributed by atoms with Crippen molar-refractivity contribution in [1.82, 2.24) is 9.78 Å². The van der Waals surface area contributed by atoms with Crippen LogP contribution in [0.25, 0.3) is 0 Å². The molecule has 0 amide bonds. The Morgan fingerprint density at radius 2 is 2.26 bits per heavy atom. The van der Waals surface area contributed by atoms with Gasteiger partial charge in [0.15, 0.2) is 0 Å². The lowest BCUT2D eigenvalue weighted by atomic mass is 10.3. The summed E-state index contributed by atoms with van der Waals surface area (Å²) >= 11 is 5.79. The molecule has 1 N–H and O–H groups in total. The molecule has 0 radical (unpaired) electrons. The minimum atomic E-state index is -4.50. The largest absolute Gasteiger partial charge is 0.408 e. The number of hydrogen-bond donors (Lipinski definition) is 1. The van der Waals surface area contributed by atoms with Crippen molar-refractivity contribution in [2.75, 3.05) is 5.32 Å². The molecule has 1 fully saturated rings. The van der Waals surface area contributed by atoms with Gasteiger partial charge >= 0.3 is 6.18 Å². The molecule has 0 bridgehead atoms. The molecule has 2 rings (SSSR count). The predicted molar refractivity (Wildman–Crippen MR) is 65.4 cm³/mol. The molecular weight excluding hydrogens is 283 g/mol. The van der Waals surface area contributed by atoms with Gasteiger partial charge in [-0.15, -0.1) is 0 Å². The normalized spacial score (nSPS) is 22.4. The third kappa shape index (κ3) is 3.40. The number of rotatable bonds is 4. The molecular formula is C11H13ClF3N3O. The summed E-state index contributed by atoms with van der Waals surface area (Å²) in [6, 6.07) is 0.224. The summed E-state index contributed by atoms with van der Waals surface area (Å²) in [5.74, 6) is 0.522. The summed E-state index contributed by atoms with van der Waals surface area (Å²) in [5, 5.41) is 6.27. The van der Waals surface area contributed by atoms with Gasteiger partial charge < -0.3 is 5.32 Å². The molecule has 0 aromatic carbocycles. The lowest BCUT2D eigenvalue weighted by Crippen LogP contribution is -2.31. The maximum absolute atomic E-state index is 12.2. The van der Waals surface area contributed by atoms with Crippen molar-refractivity contribution < 1.29 is 13.2 Å². The summed E-state index contributed by atoms with van der Waals surface area (Å²) < 4.78 is 37.0. The quantitative estimate of drug-likeness (QED) is 0.929. The molecule has 1 saturated carbocycles. The Morgan fingerprint density at radius 1 is 1.58 bits per heavy atom. The molecule has 1 aromatic rings. The second kappa shape index (κ2) is 5.03. The van der Waals surface area contributed by atoms with Gasteiger partial charge in [-0.2, -0.15) is 18.3 Å². The van der Waals surface area contributed by atoms with Gasteiger partial charge in [-0.3, -0.25) is 4.79 Å². The first-order valence-corrected chi connectivity index (χ1v) is 6.28. The Balaban J connectivity index is 2.16. The second-order valence-corrected chi connectivity index (χ2v) is 4.98. The Bertz CT molecular complexity index is 529. The summed E-state index contributed by atoms with van der Waals surface area (Å²) in [7, 11) is 0. The second-order valence-electron chi connectivity index (χ2n) is 4.61. The van der Waals surface area contributed by atoms with Gasteiger partial charge in [0.1, 0.15) is 11.6 Å². The summed E-state index contributed by atoms with van der Waals surface area (Å²) in [6.07, 6.45) is -1.36. The zero-order chi connectivity index (χ0) is 14.2. The Labute approximate surface area is 112 Å². The number of halogens is 4. The van der Waals surface area contributed by atoms with E-state index in [1.54, 1.807) is 0 Å². The monoisotopic (exact) mass is 295 g/mol. The van der Waals surface area contributed by atoms with E-state index in [4.69, 9.17) is 11.6 Å². The Hall–Kier alpha value is -1.24. The van der Waals surface area contributed by atoms with Crippen molar-refractivity contribution in [1.29, 1.82) is 0 Å². The summed E-state index contributed by atoms with van der Waals surface area (Å²) in [5.41, 5.74) is -0.635. The third-order valence-electron chi connectivity index (χ3n) is 3.10. The molecule has 0 spiro atoms. The highest BCUT2D eigenvalue weighted by molar-refractivity contribution is 6.32. The van der Waals surface area contributed by atoms with Crippen molar-refractivity contribution in [2.45, 2.75) is 38.5 Å². The first-order chi connectivity index (χ1) is 8.81. The minimum absolute atomic E-state index is 0.224. The molecule has 0 aliphatic heterocycles. The van der Waals surface area contributed by atoms with Crippen LogP contribution in [0.15, 0.2) is 11.0 Å². The van der Waals surface area contributed by atoms with E-state index in [1.807, 2.05) is 6.92 Å². The van der Waals surface area contributed by atoms with Gasteiger partial charge in [0.25, 0.3) is 5.56 Å². The van der Waals surface area contributed by atoms with Crippen molar-refractivity contribution >= 4 is 17.3 Å². The lowest BCUT2D eigenvalue weighted by molar-refractivity contribution is -0.143. The number of aromatic nitrogens is 2. The molecule has 1 aliphatic rings. The Kier molecular flexibility index (Phi) is 3.75. The van der Waals surface area contributed by atoms with Gasteiger partial charge in [-0.1, -0.05) is 24.9 Å². The van der Waals surface area contributed by atoms with Gasteiger partial charge in [-0.05, 0) is 12.3 Å². The van der Waals surface area contributed by atoms with Crippen LogP contribution in [0.5, 0.6) is 0 Å². The molecule has 2 unspecified atom stereocenters. The highest BCUT2D eigenvalue weighted by Gasteiger charge is 2.36. The van der Waals surface area contributed by atoms with Gasteiger partial charge in [0.05, 0.1) is 11.9 Å². The fourth-order valence-corrected chi connectivity index (χ4v) is 2.12. The van der Waals surface area contributed by atoms with Crippen molar-refractivity contribution in [3.05, 3.63) is 21.6 Å². The number of anilines is 1. The van der Waals surface area contributed by atoms with E-state index in [0.717, 1.165) is 12.8 Å². The third-order valence-corrected chi connectivity index (χ3v) is 3.47. The number of alkyl halides is 3. The van der Waals surface area contributed by atoms with E-state index >= 15 is 0 Å². The molecule has 106 valence electrons. The first kappa shape index (κ1) is 14.2. The molecule has 0 saturated heterocycles. The highest BCUT2D eigenvalue weighted by Crippen LogP contribution is 2.36. The van der Waals surface area contributed by atoms with Crippen LogP contribution in [-0.4, -0.2) is 22.0 Å². The van der Waals surface area contributed by atoms with E-state index in [0.29, 0.717) is 16.3 Å². The minimum Gasteiger partial charge on any atom is -0.379 e. The van der Waals surface area contributed by atoms with Gasteiger partial charge in [-0.25, -0.2) is 4.68 Å². The highest BCUT2D eigenvalue weighted by atomic mass is 35.5. The first-order valence-electron chi connectivity index (χ1n) is 5.90. The Morgan fingerprint density at radius 3 is 2.79 bits per heavy atom. The van der Waals surface area contributed by atoms with E-state index in [9.17, 15) is 18.0 Å². The van der Waals surface area contributed by atoms with E-state index < -0.39 is 18.3 Å². The molecule has 1 heterocycles. The van der Waals surface area contributed by atoms with Gasteiger partial charge in [0, 0.05) is 6.04 Å². The molecule has 4 nitrogen and oxygen atoms in total. The zero-order valence-corrected chi connectivity index (χ0v) is 10.9. The molecule has 1 aromatic heterocycles. The fourth-order valence-electron chi connectivity index (χ4n) is 1.92. The van der Waals surface area contributed by atoms with Crippen molar-refractivity contribution in [3.63, 3.8) is 0 Å². The molecule has 8 heteroatoms. The SMILES string of the molecule is CCC1CC1Nc1cnn(CC(F)(F)F)c(=O)c1Cl. The smallest absolute Gasteiger partial charge is 0.379 e. The van der Waals surface area contributed by atoms with E-state index in [2.05, 4.69) is 10.4 Å². The van der Waals surface area contributed by atoms with Crippen LogP contribution in [0.3, 0.4) is 0 Å². The predicted octanol–water partition coefficient (Wildman–Crippen LogP) is 2.67. The number of nitrogens with one attached hydrogen (secondary N) is 1. The zero-order valence-electron chi connectivity index (χ0n) is 10.2. The van der Waals surface area contributed by atoms with Crippen LogP contribution in [0, 0.1) is 5.92 Å². The summed E-state index contributed by atoms with van der Waals surface area (Å²) in [6.45, 7) is 0.611. The van der Waals surface area contributed by atoms with E-state index in [-0.39, 0.29) is 11.1 Å². The van der Waals surface area contributed by atoms with Gasteiger partial charge in [0.2, 0.25) is 0 Å². The maximum Gasteiger partial charge on any atom is 0.408 e. The summed E-state index contributed by atoms with van der Waals surface area (Å²) in [4.78, 5) is 11.6. The molecule has 19 heavy (non-hydrogen) atoms. The molecule has 2 atom stereocenters. The van der Waals surface area contributed by atoms with Crippen molar-refractivity contribution in [3.8, 4) is 0 Å². The fraction of sp³-hybridized carbons (Fsp3) is 0.636.